The summed E-state index contributed by atoms with van der Waals surface area (Å²) < 4.78 is 5.94. The van der Waals surface area contributed by atoms with Gasteiger partial charge in [-0.15, -0.1) is 0 Å². The van der Waals surface area contributed by atoms with Crippen LogP contribution in [-0.2, 0) is 4.74 Å². The molecule has 0 aromatic heterocycles. The summed E-state index contributed by atoms with van der Waals surface area (Å²) in [6, 6.07) is 0.455. The highest BCUT2D eigenvalue weighted by molar-refractivity contribution is 5.77. The molecule has 0 N–H and O–H groups in total. The van der Waals surface area contributed by atoms with E-state index in [0.717, 1.165) is 18.9 Å². The van der Waals surface area contributed by atoms with Crippen molar-refractivity contribution in [3.05, 3.63) is 0 Å². The summed E-state index contributed by atoms with van der Waals surface area (Å²) in [6.07, 6.45) is 57.1. The summed E-state index contributed by atoms with van der Waals surface area (Å²) in [5.74, 6) is 1.07. The minimum atomic E-state index is 0.455. The van der Waals surface area contributed by atoms with Crippen LogP contribution < -0.4 is 0 Å². The van der Waals surface area contributed by atoms with Gasteiger partial charge in [0.25, 0.3) is 0 Å². The van der Waals surface area contributed by atoms with E-state index >= 15 is 0 Å². The number of hydrogen-bond donors (Lipinski definition) is 0. The Labute approximate surface area is 298 Å². The number of rotatable bonds is 40. The molecular formula is C45H89NO. The van der Waals surface area contributed by atoms with E-state index < -0.39 is 0 Å². The second-order valence-corrected chi connectivity index (χ2v) is 15.8. The molecule has 0 aromatic carbocycles. The van der Waals surface area contributed by atoms with E-state index in [1.165, 1.54) is 250 Å². The lowest BCUT2D eigenvalue weighted by Crippen LogP contribution is -2.05. The van der Waals surface area contributed by atoms with Gasteiger partial charge < -0.3 is 4.74 Å². The zero-order chi connectivity index (χ0) is 33.6. The summed E-state index contributed by atoms with van der Waals surface area (Å²) in [4.78, 5) is 4.92. The molecule has 0 saturated carbocycles. The van der Waals surface area contributed by atoms with Gasteiger partial charge in [-0.3, -0.25) is 0 Å². The van der Waals surface area contributed by atoms with Crippen molar-refractivity contribution in [2.75, 3.05) is 6.61 Å². The average molecular weight is 660 g/mol. The molecule has 0 bridgehead atoms. The van der Waals surface area contributed by atoms with E-state index in [4.69, 9.17) is 9.73 Å². The van der Waals surface area contributed by atoms with Crippen LogP contribution in [0.1, 0.15) is 271 Å². The molecule has 0 amide bonds. The second-order valence-electron chi connectivity index (χ2n) is 15.8. The first-order valence-corrected chi connectivity index (χ1v) is 22.6. The number of aliphatic imine (C=N–C) groups is 1. The molecule has 1 rings (SSSR count). The molecule has 47 heavy (non-hydrogen) atoms. The molecule has 2 nitrogen and oxygen atoms in total. The van der Waals surface area contributed by atoms with E-state index in [2.05, 4.69) is 13.8 Å². The normalized spacial score (nSPS) is 14.6. The van der Waals surface area contributed by atoms with Gasteiger partial charge in [-0.25, -0.2) is 4.99 Å². The Bertz CT molecular complexity index is 615. The van der Waals surface area contributed by atoms with Gasteiger partial charge in [0, 0.05) is 6.42 Å². The van der Waals surface area contributed by atoms with E-state index in [1.807, 2.05) is 0 Å². The van der Waals surface area contributed by atoms with Crippen LogP contribution in [0.4, 0.5) is 0 Å². The van der Waals surface area contributed by atoms with Crippen LogP contribution in [0.3, 0.4) is 0 Å². The molecule has 0 spiro atoms. The topological polar surface area (TPSA) is 21.6 Å². The van der Waals surface area contributed by atoms with Crippen molar-refractivity contribution >= 4 is 5.90 Å². The van der Waals surface area contributed by atoms with Crippen LogP contribution >= 0.6 is 0 Å². The molecule has 1 aliphatic rings. The maximum Gasteiger partial charge on any atom is 0.183 e. The highest BCUT2D eigenvalue weighted by Crippen LogP contribution is 2.19. The highest BCUT2D eigenvalue weighted by atomic mass is 16.5. The molecular weight excluding hydrogens is 571 g/mol. The first-order chi connectivity index (χ1) is 23.4. The molecule has 0 radical (unpaired) electrons. The lowest BCUT2D eigenvalue weighted by molar-refractivity contribution is 0.301. The zero-order valence-corrected chi connectivity index (χ0v) is 32.9. The minimum Gasteiger partial charge on any atom is -0.479 e. The second kappa shape index (κ2) is 38.3. The zero-order valence-electron chi connectivity index (χ0n) is 32.9. The summed E-state index contributed by atoms with van der Waals surface area (Å²) in [7, 11) is 0. The van der Waals surface area contributed by atoms with Crippen molar-refractivity contribution in [3.8, 4) is 0 Å². The SMILES string of the molecule is CCCCCCCCCCCCCCCCCCCCCC1=NC(CCCCCCCCCCCCCCCCCCCCC)CO1. The van der Waals surface area contributed by atoms with Crippen LogP contribution in [0.25, 0.3) is 0 Å². The Morgan fingerprint density at radius 2 is 0.617 bits per heavy atom. The standard InChI is InChI=1S/C45H89NO/c1-3-5-7-9-11-13-15-17-19-21-23-25-27-29-31-33-35-37-39-41-44-43-47-45(46-44)42-40-38-36-34-32-30-28-26-24-22-20-18-16-14-12-10-8-6-4-2/h44H,3-43H2,1-2H3. The van der Waals surface area contributed by atoms with Gasteiger partial charge in [0.05, 0.1) is 6.04 Å². The molecule has 1 aliphatic heterocycles. The van der Waals surface area contributed by atoms with Crippen molar-refractivity contribution in [1.29, 1.82) is 0 Å². The van der Waals surface area contributed by atoms with E-state index in [1.54, 1.807) is 0 Å². The molecule has 1 unspecified atom stereocenters. The maximum absolute atomic E-state index is 5.94. The molecule has 280 valence electrons. The molecule has 0 fully saturated rings. The third kappa shape index (κ3) is 33.7. The predicted octanol–water partition coefficient (Wildman–Crippen LogP) is 16.4. The third-order valence-corrected chi connectivity index (χ3v) is 10.9. The predicted molar refractivity (Wildman–Crippen MR) is 213 cm³/mol. The number of ether oxygens (including phenoxy) is 1. The van der Waals surface area contributed by atoms with Crippen molar-refractivity contribution in [3.63, 3.8) is 0 Å². The smallest absolute Gasteiger partial charge is 0.183 e. The summed E-state index contributed by atoms with van der Waals surface area (Å²) in [5, 5.41) is 0. The van der Waals surface area contributed by atoms with Crippen molar-refractivity contribution < 1.29 is 4.74 Å². The monoisotopic (exact) mass is 660 g/mol. The van der Waals surface area contributed by atoms with Crippen molar-refractivity contribution in [1.82, 2.24) is 0 Å². The fourth-order valence-electron chi connectivity index (χ4n) is 7.57. The third-order valence-electron chi connectivity index (χ3n) is 10.9. The Morgan fingerprint density at radius 1 is 0.362 bits per heavy atom. The summed E-state index contributed by atoms with van der Waals surface area (Å²) in [6.45, 7) is 5.47. The van der Waals surface area contributed by atoms with Crippen molar-refractivity contribution in [2.24, 2.45) is 4.99 Å². The van der Waals surface area contributed by atoms with E-state index in [0.29, 0.717) is 6.04 Å². The highest BCUT2D eigenvalue weighted by Gasteiger charge is 2.17. The first-order valence-electron chi connectivity index (χ1n) is 22.6. The van der Waals surface area contributed by atoms with E-state index in [-0.39, 0.29) is 0 Å². The van der Waals surface area contributed by atoms with Crippen LogP contribution in [0.2, 0.25) is 0 Å². The van der Waals surface area contributed by atoms with Crippen molar-refractivity contribution in [2.45, 2.75) is 277 Å². The Kier molecular flexibility index (Phi) is 36.2. The molecule has 1 heterocycles. The Hall–Kier alpha value is -0.530. The van der Waals surface area contributed by atoms with Gasteiger partial charge in [0.1, 0.15) is 6.61 Å². The van der Waals surface area contributed by atoms with Crippen LogP contribution in [0, 0.1) is 0 Å². The molecule has 0 aromatic rings. The fourth-order valence-corrected chi connectivity index (χ4v) is 7.57. The molecule has 0 aliphatic carbocycles. The van der Waals surface area contributed by atoms with Gasteiger partial charge >= 0.3 is 0 Å². The summed E-state index contributed by atoms with van der Waals surface area (Å²) in [5.41, 5.74) is 0. The van der Waals surface area contributed by atoms with Gasteiger partial charge in [0.15, 0.2) is 5.90 Å². The van der Waals surface area contributed by atoms with Gasteiger partial charge in [-0.05, 0) is 12.8 Å². The minimum absolute atomic E-state index is 0.455. The van der Waals surface area contributed by atoms with E-state index in [9.17, 15) is 0 Å². The van der Waals surface area contributed by atoms with Gasteiger partial charge in [-0.1, -0.05) is 251 Å². The fraction of sp³-hybridized carbons (Fsp3) is 0.978. The molecule has 1 atom stereocenters. The number of hydrogen-bond acceptors (Lipinski definition) is 2. The average Bonchev–Trinajstić information content (AvgIpc) is 3.54. The molecule has 2 heteroatoms. The first kappa shape index (κ1) is 44.5. The number of nitrogens with zero attached hydrogens (tertiary/aromatic N) is 1. The van der Waals surface area contributed by atoms with Gasteiger partial charge in [0.2, 0.25) is 0 Å². The Morgan fingerprint density at radius 3 is 0.915 bits per heavy atom. The molecule has 0 saturated heterocycles. The Balaban J connectivity index is 1.73. The van der Waals surface area contributed by atoms with Crippen LogP contribution in [0.15, 0.2) is 4.99 Å². The quantitative estimate of drug-likeness (QED) is 0.0600. The lowest BCUT2D eigenvalue weighted by atomic mass is 10.0. The largest absolute Gasteiger partial charge is 0.479 e. The van der Waals surface area contributed by atoms with Crippen LogP contribution in [-0.4, -0.2) is 18.5 Å². The van der Waals surface area contributed by atoms with Crippen LogP contribution in [0.5, 0.6) is 0 Å². The lowest BCUT2D eigenvalue weighted by Gasteiger charge is -2.05. The maximum atomic E-state index is 5.94. The van der Waals surface area contributed by atoms with Gasteiger partial charge in [-0.2, -0.15) is 0 Å². The summed E-state index contributed by atoms with van der Waals surface area (Å²) >= 11 is 0. The number of unbranched alkanes of at least 4 members (excludes halogenated alkanes) is 36.